The summed E-state index contributed by atoms with van der Waals surface area (Å²) < 4.78 is 0.895. The van der Waals surface area contributed by atoms with Crippen molar-refractivity contribution in [2.75, 3.05) is 52.1 Å². The molecule has 0 spiro atoms. The Hall–Kier alpha value is -0.950. The van der Waals surface area contributed by atoms with Gasteiger partial charge in [-0.2, -0.15) is 0 Å². The second-order valence-corrected chi connectivity index (χ2v) is 6.41. The van der Waals surface area contributed by atoms with Crippen LogP contribution in [0.4, 0.5) is 5.69 Å². The molecule has 1 atom stereocenters. The maximum atomic E-state index is 11.9. The number of carbonyl (C=O) groups is 1. The lowest BCUT2D eigenvalue weighted by Gasteiger charge is -2.37. The Bertz CT molecular complexity index is 482. The molecular weight excluding hydrogens is 332 g/mol. The molecule has 1 aromatic rings. The fourth-order valence-electron chi connectivity index (χ4n) is 2.43. The molecule has 1 aliphatic heterocycles. The lowest BCUT2D eigenvalue weighted by molar-refractivity contribution is -0.115. The van der Waals surface area contributed by atoms with E-state index in [-0.39, 0.29) is 5.91 Å². The van der Waals surface area contributed by atoms with Gasteiger partial charge in [0, 0.05) is 36.7 Å². The normalized spacial score (nSPS) is 20.4. The second-order valence-electron chi connectivity index (χ2n) is 5.56. The minimum absolute atomic E-state index is 0.0197. The fraction of sp³-hybridized carbons (Fsp3) is 0.533. The Labute approximate surface area is 134 Å². The first-order valence-corrected chi connectivity index (χ1v) is 7.99. The van der Waals surface area contributed by atoms with Crippen LogP contribution < -0.4 is 10.6 Å². The quantitative estimate of drug-likeness (QED) is 0.834. The molecule has 21 heavy (non-hydrogen) atoms. The Morgan fingerprint density at radius 2 is 2.10 bits per heavy atom. The molecule has 2 N–H and O–H groups in total. The molecule has 0 aromatic heterocycles. The number of halogens is 1. The molecule has 1 fully saturated rings. The van der Waals surface area contributed by atoms with Gasteiger partial charge in [-0.15, -0.1) is 0 Å². The number of para-hydroxylation sites is 1. The number of likely N-dealkylation sites (N-methyl/N-ethyl adjacent to an activating group) is 2. The smallest absolute Gasteiger partial charge is 0.238 e. The van der Waals surface area contributed by atoms with E-state index in [9.17, 15) is 4.79 Å². The highest BCUT2D eigenvalue weighted by molar-refractivity contribution is 9.10. The molecule has 0 aliphatic carbocycles. The van der Waals surface area contributed by atoms with Crippen LogP contribution in [0.3, 0.4) is 0 Å². The predicted molar refractivity (Wildman–Crippen MR) is 89.6 cm³/mol. The number of piperazine rings is 1. The van der Waals surface area contributed by atoms with Gasteiger partial charge in [-0.1, -0.05) is 12.1 Å². The van der Waals surface area contributed by atoms with Crippen LogP contribution in [-0.2, 0) is 4.79 Å². The standard InChI is InChI=1S/C15H23BrN4O/c1-19-7-8-20(2)12(11-19)9-17-10-15(21)18-14-6-4-3-5-13(14)16/h3-6,12,17H,7-11H2,1-2H3,(H,18,21). The number of nitrogens with one attached hydrogen (secondary N) is 2. The lowest BCUT2D eigenvalue weighted by atomic mass is 10.2. The summed E-state index contributed by atoms with van der Waals surface area (Å²) in [7, 11) is 4.28. The number of carbonyl (C=O) groups excluding carboxylic acids is 1. The number of amides is 1. The van der Waals surface area contributed by atoms with E-state index in [1.807, 2.05) is 24.3 Å². The van der Waals surface area contributed by atoms with Crippen molar-refractivity contribution in [3.05, 3.63) is 28.7 Å². The molecule has 1 aliphatic rings. The number of rotatable bonds is 5. The van der Waals surface area contributed by atoms with E-state index in [0.717, 1.165) is 36.3 Å². The topological polar surface area (TPSA) is 47.6 Å². The van der Waals surface area contributed by atoms with Gasteiger partial charge in [0.1, 0.15) is 0 Å². The highest BCUT2D eigenvalue weighted by Gasteiger charge is 2.21. The molecule has 0 saturated carbocycles. The highest BCUT2D eigenvalue weighted by Crippen LogP contribution is 2.20. The fourth-order valence-corrected chi connectivity index (χ4v) is 2.82. The van der Waals surface area contributed by atoms with Crippen LogP contribution in [0.25, 0.3) is 0 Å². The molecule has 0 radical (unpaired) electrons. The summed E-state index contributed by atoms with van der Waals surface area (Å²) in [5, 5.41) is 6.15. The molecular formula is C15H23BrN4O. The monoisotopic (exact) mass is 354 g/mol. The van der Waals surface area contributed by atoms with E-state index < -0.39 is 0 Å². The second kappa shape index (κ2) is 7.89. The van der Waals surface area contributed by atoms with Crippen LogP contribution >= 0.6 is 15.9 Å². The molecule has 1 aromatic carbocycles. The van der Waals surface area contributed by atoms with E-state index in [1.54, 1.807) is 0 Å². The van der Waals surface area contributed by atoms with E-state index in [0.29, 0.717) is 12.6 Å². The first-order chi connectivity index (χ1) is 10.1. The van der Waals surface area contributed by atoms with Crippen molar-refractivity contribution in [2.45, 2.75) is 6.04 Å². The summed E-state index contributed by atoms with van der Waals surface area (Å²) in [5.74, 6) is -0.0197. The molecule has 1 unspecified atom stereocenters. The first kappa shape index (κ1) is 16.4. The molecule has 1 saturated heterocycles. The van der Waals surface area contributed by atoms with Gasteiger partial charge in [-0.25, -0.2) is 0 Å². The number of hydrogen-bond donors (Lipinski definition) is 2. The van der Waals surface area contributed by atoms with Gasteiger partial charge in [-0.3, -0.25) is 9.69 Å². The Morgan fingerprint density at radius 3 is 2.86 bits per heavy atom. The van der Waals surface area contributed by atoms with Crippen LogP contribution in [-0.4, -0.2) is 68.6 Å². The molecule has 5 nitrogen and oxygen atoms in total. The summed E-state index contributed by atoms with van der Waals surface area (Å²) in [6, 6.07) is 8.08. The third kappa shape index (κ3) is 5.07. The van der Waals surface area contributed by atoms with Gasteiger partial charge in [0.15, 0.2) is 0 Å². The third-order valence-corrected chi connectivity index (χ3v) is 4.49. The Morgan fingerprint density at radius 1 is 1.33 bits per heavy atom. The largest absolute Gasteiger partial charge is 0.324 e. The van der Waals surface area contributed by atoms with Crippen molar-refractivity contribution < 1.29 is 4.79 Å². The van der Waals surface area contributed by atoms with Crippen molar-refractivity contribution in [3.63, 3.8) is 0 Å². The predicted octanol–water partition coefficient (Wildman–Crippen LogP) is 1.22. The Balaban J connectivity index is 1.73. The van der Waals surface area contributed by atoms with E-state index in [1.165, 1.54) is 0 Å². The third-order valence-electron chi connectivity index (χ3n) is 3.79. The summed E-state index contributed by atoms with van der Waals surface area (Å²) in [4.78, 5) is 16.6. The number of anilines is 1. The van der Waals surface area contributed by atoms with Gasteiger partial charge in [0.05, 0.1) is 12.2 Å². The van der Waals surface area contributed by atoms with E-state index in [2.05, 4.69) is 50.5 Å². The van der Waals surface area contributed by atoms with Crippen LogP contribution in [0.5, 0.6) is 0 Å². The van der Waals surface area contributed by atoms with Crippen LogP contribution in [0.2, 0.25) is 0 Å². The van der Waals surface area contributed by atoms with Crippen molar-refractivity contribution in [3.8, 4) is 0 Å². The average molecular weight is 355 g/mol. The minimum Gasteiger partial charge on any atom is -0.324 e. The molecule has 116 valence electrons. The van der Waals surface area contributed by atoms with Gasteiger partial charge in [-0.05, 0) is 42.2 Å². The molecule has 6 heteroatoms. The molecule has 0 bridgehead atoms. The number of hydrogen-bond acceptors (Lipinski definition) is 4. The van der Waals surface area contributed by atoms with Crippen molar-refractivity contribution >= 4 is 27.5 Å². The summed E-state index contributed by atoms with van der Waals surface area (Å²) >= 11 is 3.42. The van der Waals surface area contributed by atoms with Crippen LogP contribution in [0, 0.1) is 0 Å². The van der Waals surface area contributed by atoms with Crippen molar-refractivity contribution in [1.29, 1.82) is 0 Å². The van der Waals surface area contributed by atoms with Crippen molar-refractivity contribution in [2.24, 2.45) is 0 Å². The van der Waals surface area contributed by atoms with Crippen LogP contribution in [0.15, 0.2) is 28.7 Å². The zero-order chi connectivity index (χ0) is 15.2. The van der Waals surface area contributed by atoms with Gasteiger partial charge in [0.25, 0.3) is 0 Å². The maximum absolute atomic E-state index is 11.9. The van der Waals surface area contributed by atoms with Crippen LogP contribution in [0.1, 0.15) is 0 Å². The first-order valence-electron chi connectivity index (χ1n) is 7.20. The SMILES string of the molecule is CN1CCN(C)C(CNCC(=O)Nc2ccccc2Br)C1. The lowest BCUT2D eigenvalue weighted by Crippen LogP contribution is -2.54. The van der Waals surface area contributed by atoms with E-state index in [4.69, 9.17) is 0 Å². The number of nitrogens with zero attached hydrogens (tertiary/aromatic N) is 2. The average Bonchev–Trinajstić information content (AvgIpc) is 2.45. The summed E-state index contributed by atoms with van der Waals surface area (Å²) in [6.45, 7) is 4.37. The number of benzene rings is 1. The molecule has 2 rings (SSSR count). The maximum Gasteiger partial charge on any atom is 0.238 e. The summed E-state index contributed by atoms with van der Waals surface area (Å²) in [5.41, 5.74) is 0.804. The highest BCUT2D eigenvalue weighted by atomic mass is 79.9. The van der Waals surface area contributed by atoms with Gasteiger partial charge >= 0.3 is 0 Å². The van der Waals surface area contributed by atoms with Gasteiger partial charge in [0.2, 0.25) is 5.91 Å². The van der Waals surface area contributed by atoms with Gasteiger partial charge < -0.3 is 15.5 Å². The minimum atomic E-state index is -0.0197. The zero-order valence-electron chi connectivity index (χ0n) is 12.6. The zero-order valence-corrected chi connectivity index (χ0v) is 14.2. The Kier molecular flexibility index (Phi) is 6.17. The van der Waals surface area contributed by atoms with E-state index >= 15 is 0 Å². The summed E-state index contributed by atoms with van der Waals surface area (Å²) in [6.07, 6.45) is 0. The molecule has 1 heterocycles. The molecule has 1 amide bonds. The van der Waals surface area contributed by atoms with Crippen molar-refractivity contribution in [1.82, 2.24) is 15.1 Å².